The van der Waals surface area contributed by atoms with Gasteiger partial charge in [0.25, 0.3) is 11.4 Å². The molecule has 0 saturated carbocycles. The minimum absolute atomic E-state index is 0.447. The summed E-state index contributed by atoms with van der Waals surface area (Å²) in [6.45, 7) is 2.01. The quantitative estimate of drug-likeness (QED) is 0.398. The van der Waals surface area contributed by atoms with E-state index in [-0.39, 0.29) is 0 Å². The second-order valence-corrected chi connectivity index (χ2v) is 5.39. The van der Waals surface area contributed by atoms with Crippen molar-refractivity contribution < 1.29 is 19.9 Å². The van der Waals surface area contributed by atoms with Gasteiger partial charge < -0.3 is 10.0 Å². The first kappa shape index (κ1) is 22.8. The van der Waals surface area contributed by atoms with Gasteiger partial charge in [0.15, 0.2) is 0 Å². The van der Waals surface area contributed by atoms with E-state index in [2.05, 4.69) is 11.9 Å². The third-order valence-corrected chi connectivity index (χ3v) is 3.23. The molecule has 140 valence electrons. The Balaban J connectivity index is 0.000000547. The van der Waals surface area contributed by atoms with E-state index >= 15 is 0 Å². The Kier molecular flexibility index (Phi) is 10.3. The normalized spacial score (nSPS) is 10.1. The fraction of sp³-hybridized carbons (Fsp3) is 0.500. The first-order chi connectivity index (χ1) is 11.6. The summed E-state index contributed by atoms with van der Waals surface area (Å²) in [6, 6.07) is 0.894. The zero-order chi connectivity index (χ0) is 19.6. The Morgan fingerprint density at radius 1 is 0.960 bits per heavy atom. The monoisotopic (exact) mass is 398 g/mol. The summed E-state index contributed by atoms with van der Waals surface area (Å²) in [5.41, 5.74) is -3.00. The lowest BCUT2D eigenvalue weighted by Gasteiger charge is -2.12. The molecular formula is C12H16Cl2N4O7. The van der Waals surface area contributed by atoms with Crippen LogP contribution >= 0.6 is 23.2 Å². The molecule has 1 rings (SSSR count). The molecule has 0 aliphatic rings. The topological polar surface area (TPSA) is 153 Å². The van der Waals surface area contributed by atoms with Crippen LogP contribution in [0.4, 0.5) is 17.1 Å². The Morgan fingerprint density at radius 3 is 1.76 bits per heavy atom. The summed E-state index contributed by atoms with van der Waals surface area (Å²) in [6.07, 6.45) is 1.05. The first-order valence-corrected chi connectivity index (χ1v) is 7.83. The van der Waals surface area contributed by atoms with Gasteiger partial charge in [0.1, 0.15) is 0 Å². The van der Waals surface area contributed by atoms with Crippen LogP contribution in [0.3, 0.4) is 0 Å². The van der Waals surface area contributed by atoms with E-state index in [1.165, 1.54) is 0 Å². The van der Waals surface area contributed by atoms with E-state index in [0.717, 1.165) is 25.4 Å². The molecule has 0 aliphatic heterocycles. The third-order valence-electron chi connectivity index (χ3n) is 2.80. The second-order valence-electron chi connectivity index (χ2n) is 4.64. The number of hydrogen-bond donors (Lipinski definition) is 1. The SMILES string of the molecule is CN(CCCl)CCCCl.O=[N+]([O-])c1cc([N+](=O)[O-])c(O)c([N+](=O)[O-])c1. The van der Waals surface area contributed by atoms with Crippen LogP contribution in [-0.4, -0.2) is 56.7 Å². The molecule has 1 aromatic carbocycles. The molecule has 0 aromatic heterocycles. The van der Waals surface area contributed by atoms with Gasteiger partial charge in [-0.05, 0) is 20.0 Å². The minimum atomic E-state index is -1.21. The van der Waals surface area contributed by atoms with Gasteiger partial charge in [-0.1, -0.05) is 0 Å². The lowest BCUT2D eigenvalue weighted by atomic mass is 10.2. The van der Waals surface area contributed by atoms with Gasteiger partial charge in [0.05, 0.1) is 26.9 Å². The van der Waals surface area contributed by atoms with Crippen molar-refractivity contribution in [2.75, 3.05) is 31.9 Å². The summed E-state index contributed by atoms with van der Waals surface area (Å²) < 4.78 is 0. The number of hydrogen-bond acceptors (Lipinski definition) is 8. The minimum Gasteiger partial charge on any atom is -0.497 e. The fourth-order valence-electron chi connectivity index (χ4n) is 1.56. The number of nitro groups is 3. The van der Waals surface area contributed by atoms with Gasteiger partial charge in [-0.3, -0.25) is 30.3 Å². The highest BCUT2D eigenvalue weighted by molar-refractivity contribution is 6.18. The molecular weight excluding hydrogens is 383 g/mol. The van der Waals surface area contributed by atoms with E-state index in [1.54, 1.807) is 0 Å². The molecule has 0 atom stereocenters. The number of alkyl halides is 2. The van der Waals surface area contributed by atoms with Crippen molar-refractivity contribution in [2.45, 2.75) is 6.42 Å². The predicted molar refractivity (Wildman–Crippen MR) is 91.6 cm³/mol. The second kappa shape index (κ2) is 11.3. The van der Waals surface area contributed by atoms with Gasteiger partial charge in [-0.2, -0.15) is 0 Å². The van der Waals surface area contributed by atoms with E-state index in [9.17, 15) is 30.3 Å². The van der Waals surface area contributed by atoms with Crippen LogP contribution in [0.5, 0.6) is 5.75 Å². The van der Waals surface area contributed by atoms with Crippen molar-refractivity contribution in [2.24, 2.45) is 0 Å². The number of benzene rings is 1. The zero-order valence-electron chi connectivity index (χ0n) is 13.1. The standard InChI is InChI=1S/C6H13Cl2N.C6H3N3O7/c1-9(6-4-8)5-2-3-7;10-6-4(8(13)14)1-3(7(11)12)2-5(6)9(15)16/h2-6H2,1H3;1-2,10H. The van der Waals surface area contributed by atoms with Crippen LogP contribution in [0.25, 0.3) is 0 Å². The number of phenolic OH excluding ortho intramolecular Hbond substituents is 1. The summed E-state index contributed by atoms with van der Waals surface area (Å²) in [4.78, 5) is 29.9. The average molecular weight is 399 g/mol. The number of nitro benzene ring substituents is 3. The highest BCUT2D eigenvalue weighted by Crippen LogP contribution is 2.38. The average Bonchev–Trinajstić information content (AvgIpc) is 2.53. The number of halogens is 2. The molecule has 0 spiro atoms. The Labute approximate surface area is 152 Å². The molecule has 0 heterocycles. The molecule has 0 unspecified atom stereocenters. The molecule has 0 radical (unpaired) electrons. The maximum absolute atomic E-state index is 10.4. The molecule has 1 N–H and O–H groups in total. The first-order valence-electron chi connectivity index (χ1n) is 6.76. The van der Waals surface area contributed by atoms with E-state index in [4.69, 9.17) is 28.3 Å². The lowest BCUT2D eigenvalue weighted by Crippen LogP contribution is -2.21. The molecule has 0 amide bonds. The molecule has 0 bridgehead atoms. The predicted octanol–water partition coefficient (Wildman–Crippen LogP) is 2.90. The summed E-state index contributed by atoms with van der Waals surface area (Å²) in [5.74, 6) is 0.242. The number of phenols is 1. The van der Waals surface area contributed by atoms with Gasteiger partial charge in [-0.25, -0.2) is 0 Å². The molecule has 11 nitrogen and oxygen atoms in total. The van der Waals surface area contributed by atoms with Gasteiger partial charge in [0, 0.05) is 18.3 Å². The van der Waals surface area contributed by atoms with E-state index in [1.807, 2.05) is 0 Å². The Hall–Kier alpha value is -2.24. The van der Waals surface area contributed by atoms with Crippen LogP contribution in [0.15, 0.2) is 12.1 Å². The number of non-ortho nitro benzene ring substituents is 1. The van der Waals surface area contributed by atoms with Crippen LogP contribution in [0.2, 0.25) is 0 Å². The molecule has 0 aliphatic carbocycles. The van der Waals surface area contributed by atoms with Crippen molar-refractivity contribution >= 4 is 40.3 Å². The third kappa shape index (κ3) is 7.92. The number of nitrogens with zero attached hydrogens (tertiary/aromatic N) is 4. The highest BCUT2D eigenvalue weighted by Gasteiger charge is 2.30. The van der Waals surface area contributed by atoms with Crippen molar-refractivity contribution in [3.05, 3.63) is 42.5 Å². The maximum atomic E-state index is 10.4. The van der Waals surface area contributed by atoms with Crippen molar-refractivity contribution in [1.82, 2.24) is 4.90 Å². The van der Waals surface area contributed by atoms with Crippen molar-refractivity contribution in [1.29, 1.82) is 0 Å². The molecule has 13 heteroatoms. The van der Waals surface area contributed by atoms with Crippen molar-refractivity contribution in [3.8, 4) is 5.75 Å². The van der Waals surface area contributed by atoms with Gasteiger partial charge in [0.2, 0.25) is 0 Å². The van der Waals surface area contributed by atoms with Gasteiger partial charge >= 0.3 is 11.4 Å². The molecule has 25 heavy (non-hydrogen) atoms. The van der Waals surface area contributed by atoms with Gasteiger partial charge in [-0.15, -0.1) is 23.2 Å². The fourth-order valence-corrected chi connectivity index (χ4v) is 1.97. The summed E-state index contributed by atoms with van der Waals surface area (Å²) in [5, 5.41) is 40.2. The molecule has 0 saturated heterocycles. The smallest absolute Gasteiger partial charge is 0.324 e. The lowest BCUT2D eigenvalue weighted by molar-refractivity contribution is -0.404. The largest absolute Gasteiger partial charge is 0.497 e. The molecule has 0 fully saturated rings. The van der Waals surface area contributed by atoms with Crippen LogP contribution in [-0.2, 0) is 0 Å². The van der Waals surface area contributed by atoms with Crippen LogP contribution in [0.1, 0.15) is 6.42 Å². The van der Waals surface area contributed by atoms with Crippen LogP contribution in [0, 0.1) is 30.3 Å². The van der Waals surface area contributed by atoms with Crippen LogP contribution < -0.4 is 0 Å². The summed E-state index contributed by atoms with van der Waals surface area (Å²) >= 11 is 11.0. The van der Waals surface area contributed by atoms with E-state index in [0.29, 0.717) is 18.0 Å². The zero-order valence-corrected chi connectivity index (χ0v) is 14.6. The molecule has 1 aromatic rings. The Bertz CT molecular complexity index is 594. The Morgan fingerprint density at radius 2 is 1.44 bits per heavy atom. The summed E-state index contributed by atoms with van der Waals surface area (Å²) in [7, 11) is 2.05. The highest BCUT2D eigenvalue weighted by atomic mass is 35.5. The number of rotatable bonds is 8. The number of aromatic hydroxyl groups is 1. The maximum Gasteiger partial charge on any atom is 0.324 e. The van der Waals surface area contributed by atoms with E-state index < -0.39 is 37.6 Å². The van der Waals surface area contributed by atoms with Crippen molar-refractivity contribution in [3.63, 3.8) is 0 Å².